The second kappa shape index (κ2) is 6.26. The Morgan fingerprint density at radius 3 is 2.45 bits per heavy atom. The zero-order valence-electron chi connectivity index (χ0n) is 12.9. The van der Waals surface area contributed by atoms with Crippen LogP contribution in [0.4, 0.5) is 0 Å². The molecule has 3 fully saturated rings. The van der Waals surface area contributed by atoms with Gasteiger partial charge in [0.2, 0.25) is 11.8 Å². The summed E-state index contributed by atoms with van der Waals surface area (Å²) in [7, 11) is 0. The summed E-state index contributed by atoms with van der Waals surface area (Å²) in [4.78, 5) is 39.5. The van der Waals surface area contributed by atoms with Crippen LogP contribution in [-0.4, -0.2) is 57.9 Å². The molecule has 3 aliphatic rings. The summed E-state index contributed by atoms with van der Waals surface area (Å²) in [6, 6.07) is -0.417. The molecule has 2 heterocycles. The van der Waals surface area contributed by atoms with Crippen LogP contribution in [0.25, 0.3) is 0 Å². The van der Waals surface area contributed by atoms with Gasteiger partial charge < -0.3 is 14.9 Å². The first kappa shape index (κ1) is 15.3. The number of amides is 2. The van der Waals surface area contributed by atoms with Gasteiger partial charge in [-0.05, 0) is 25.7 Å². The molecule has 122 valence electrons. The van der Waals surface area contributed by atoms with Gasteiger partial charge in [0.1, 0.15) is 6.04 Å². The topological polar surface area (TPSA) is 77.9 Å². The molecule has 2 unspecified atom stereocenters. The predicted molar refractivity (Wildman–Crippen MR) is 79.1 cm³/mol. The smallest absolute Gasteiger partial charge is 0.326 e. The summed E-state index contributed by atoms with van der Waals surface area (Å²) in [5.74, 6) is -1.36. The maximum Gasteiger partial charge on any atom is 0.326 e. The minimum atomic E-state index is -0.931. The van der Waals surface area contributed by atoms with Crippen LogP contribution in [0.1, 0.15) is 51.4 Å². The van der Waals surface area contributed by atoms with E-state index in [2.05, 4.69) is 0 Å². The van der Waals surface area contributed by atoms with Crippen LogP contribution in [0.5, 0.6) is 0 Å². The average molecular weight is 308 g/mol. The predicted octanol–water partition coefficient (Wildman–Crippen LogP) is 1.24. The summed E-state index contributed by atoms with van der Waals surface area (Å²) in [6.07, 6.45) is 7.11. The number of carboxylic acids is 1. The molecule has 22 heavy (non-hydrogen) atoms. The highest BCUT2D eigenvalue weighted by Crippen LogP contribution is 2.31. The summed E-state index contributed by atoms with van der Waals surface area (Å²) < 4.78 is 0. The number of carbonyl (C=O) groups is 3. The lowest BCUT2D eigenvalue weighted by Crippen LogP contribution is -2.44. The zero-order chi connectivity index (χ0) is 15.7. The summed E-state index contributed by atoms with van der Waals surface area (Å²) in [5.41, 5.74) is 0. The van der Waals surface area contributed by atoms with Crippen LogP contribution in [-0.2, 0) is 14.4 Å². The van der Waals surface area contributed by atoms with E-state index in [-0.39, 0.29) is 30.2 Å². The van der Waals surface area contributed by atoms with Gasteiger partial charge in [-0.2, -0.15) is 0 Å². The Hall–Kier alpha value is -1.59. The molecule has 1 N–H and O–H groups in total. The minimum absolute atomic E-state index is 0.0660. The first-order valence-electron chi connectivity index (χ1n) is 8.40. The molecule has 0 aromatic carbocycles. The van der Waals surface area contributed by atoms with Crippen molar-refractivity contribution in [3.05, 3.63) is 0 Å². The Bertz CT molecular complexity index is 473. The van der Waals surface area contributed by atoms with E-state index in [1.165, 1.54) is 11.3 Å². The molecule has 0 radical (unpaired) electrons. The molecule has 0 bridgehead atoms. The SMILES string of the molecule is O=C(O)C1CCCN1C(=O)C1CC(=O)N(C2CCCCC2)C1. The first-order valence-corrected chi connectivity index (χ1v) is 8.40. The van der Waals surface area contributed by atoms with Gasteiger partial charge in [0.25, 0.3) is 0 Å². The van der Waals surface area contributed by atoms with Gasteiger partial charge in [0.05, 0.1) is 5.92 Å². The molecule has 2 atom stereocenters. The van der Waals surface area contributed by atoms with Crippen molar-refractivity contribution >= 4 is 17.8 Å². The Morgan fingerprint density at radius 2 is 1.77 bits per heavy atom. The fourth-order valence-corrected chi connectivity index (χ4v) is 4.16. The number of hydrogen-bond donors (Lipinski definition) is 1. The molecule has 0 aromatic rings. The molecule has 0 spiro atoms. The molecule has 2 aliphatic heterocycles. The Kier molecular flexibility index (Phi) is 4.36. The number of likely N-dealkylation sites (tertiary alicyclic amines) is 2. The van der Waals surface area contributed by atoms with E-state index in [1.54, 1.807) is 0 Å². The van der Waals surface area contributed by atoms with Crippen molar-refractivity contribution in [2.45, 2.75) is 63.5 Å². The van der Waals surface area contributed by atoms with E-state index in [4.69, 9.17) is 0 Å². The number of carbonyl (C=O) groups excluding carboxylic acids is 2. The van der Waals surface area contributed by atoms with E-state index in [9.17, 15) is 19.5 Å². The molecule has 6 nitrogen and oxygen atoms in total. The Labute approximate surface area is 130 Å². The molecule has 3 rings (SSSR count). The fourth-order valence-electron chi connectivity index (χ4n) is 4.16. The molecule has 0 aromatic heterocycles. The van der Waals surface area contributed by atoms with Crippen molar-refractivity contribution in [3.63, 3.8) is 0 Å². The van der Waals surface area contributed by atoms with Crippen LogP contribution >= 0.6 is 0 Å². The molecule has 6 heteroatoms. The Morgan fingerprint density at radius 1 is 1.05 bits per heavy atom. The quantitative estimate of drug-likeness (QED) is 0.851. The number of nitrogens with zero attached hydrogens (tertiary/aromatic N) is 2. The third kappa shape index (κ3) is 2.83. The van der Waals surface area contributed by atoms with Crippen LogP contribution < -0.4 is 0 Å². The average Bonchev–Trinajstić information content (AvgIpc) is 3.14. The van der Waals surface area contributed by atoms with E-state index in [0.29, 0.717) is 19.5 Å². The largest absolute Gasteiger partial charge is 0.480 e. The van der Waals surface area contributed by atoms with E-state index < -0.39 is 12.0 Å². The molecule has 1 aliphatic carbocycles. The lowest BCUT2D eigenvalue weighted by Gasteiger charge is -2.31. The maximum absolute atomic E-state index is 12.6. The van der Waals surface area contributed by atoms with Gasteiger partial charge in [-0.15, -0.1) is 0 Å². The van der Waals surface area contributed by atoms with Crippen LogP contribution in [0.15, 0.2) is 0 Å². The van der Waals surface area contributed by atoms with Crippen molar-refractivity contribution < 1.29 is 19.5 Å². The third-order valence-corrected chi connectivity index (χ3v) is 5.34. The molecule has 2 amide bonds. The maximum atomic E-state index is 12.6. The Balaban J connectivity index is 1.64. The second-order valence-corrected chi connectivity index (χ2v) is 6.77. The third-order valence-electron chi connectivity index (χ3n) is 5.34. The van der Waals surface area contributed by atoms with Crippen molar-refractivity contribution in [2.24, 2.45) is 5.92 Å². The van der Waals surface area contributed by atoms with E-state index in [0.717, 1.165) is 32.1 Å². The van der Waals surface area contributed by atoms with Gasteiger partial charge in [0, 0.05) is 25.6 Å². The zero-order valence-corrected chi connectivity index (χ0v) is 12.9. The molecule has 1 saturated carbocycles. The van der Waals surface area contributed by atoms with E-state index in [1.807, 2.05) is 4.90 Å². The molecule has 2 saturated heterocycles. The van der Waals surface area contributed by atoms with Crippen LogP contribution in [0.3, 0.4) is 0 Å². The summed E-state index contributed by atoms with van der Waals surface area (Å²) >= 11 is 0. The van der Waals surface area contributed by atoms with Gasteiger partial charge >= 0.3 is 5.97 Å². The summed E-state index contributed by atoms with van der Waals surface area (Å²) in [6.45, 7) is 0.981. The van der Waals surface area contributed by atoms with Crippen molar-refractivity contribution in [2.75, 3.05) is 13.1 Å². The van der Waals surface area contributed by atoms with Gasteiger partial charge in [-0.25, -0.2) is 4.79 Å². The van der Waals surface area contributed by atoms with E-state index >= 15 is 0 Å². The van der Waals surface area contributed by atoms with Crippen LogP contribution in [0.2, 0.25) is 0 Å². The standard InChI is InChI=1S/C16H24N2O4/c19-14-9-11(10-18(14)12-5-2-1-3-6-12)15(20)17-8-4-7-13(17)16(21)22/h11-13H,1-10H2,(H,21,22). The molecular formula is C16H24N2O4. The van der Waals surface area contributed by atoms with Crippen molar-refractivity contribution in [1.82, 2.24) is 9.80 Å². The normalized spacial score (nSPS) is 30.1. The fraction of sp³-hybridized carbons (Fsp3) is 0.812. The lowest BCUT2D eigenvalue weighted by atomic mass is 9.94. The summed E-state index contributed by atoms with van der Waals surface area (Å²) in [5, 5.41) is 9.21. The molecular weight excluding hydrogens is 284 g/mol. The monoisotopic (exact) mass is 308 g/mol. The minimum Gasteiger partial charge on any atom is -0.480 e. The first-order chi connectivity index (χ1) is 10.6. The van der Waals surface area contributed by atoms with Gasteiger partial charge in [-0.1, -0.05) is 19.3 Å². The number of rotatable bonds is 3. The number of carboxylic acid groups (broad SMARTS) is 1. The van der Waals surface area contributed by atoms with Gasteiger partial charge in [0.15, 0.2) is 0 Å². The number of aliphatic carboxylic acids is 1. The van der Waals surface area contributed by atoms with Crippen molar-refractivity contribution in [1.29, 1.82) is 0 Å². The highest BCUT2D eigenvalue weighted by molar-refractivity contribution is 5.91. The second-order valence-electron chi connectivity index (χ2n) is 6.77. The highest BCUT2D eigenvalue weighted by atomic mass is 16.4. The lowest BCUT2D eigenvalue weighted by molar-refractivity contribution is -0.149. The highest BCUT2D eigenvalue weighted by Gasteiger charge is 2.43. The van der Waals surface area contributed by atoms with Crippen LogP contribution in [0, 0.1) is 5.92 Å². The van der Waals surface area contributed by atoms with Crippen molar-refractivity contribution in [3.8, 4) is 0 Å². The van der Waals surface area contributed by atoms with Gasteiger partial charge in [-0.3, -0.25) is 9.59 Å². The number of hydrogen-bond acceptors (Lipinski definition) is 3.